The summed E-state index contributed by atoms with van der Waals surface area (Å²) in [4.78, 5) is 38.6. The fraction of sp³-hybridized carbons (Fsp3) is 0.578. The predicted octanol–water partition coefficient (Wildman–Crippen LogP) is 5.45. The topological polar surface area (TPSA) is 108 Å². The van der Waals surface area contributed by atoms with Crippen LogP contribution in [-0.2, 0) is 42.5 Å². The number of benzene rings is 2. The molecule has 0 spiro atoms. The average molecular weight is 817 g/mol. The quantitative estimate of drug-likeness (QED) is 0.138. The van der Waals surface area contributed by atoms with E-state index in [4.69, 9.17) is 4.74 Å². The number of likely N-dealkylation sites (N-methyl/N-ethyl adjacent to an activating group) is 1. The highest BCUT2D eigenvalue weighted by atomic mass is 32.2. The molecule has 0 bridgehead atoms. The van der Waals surface area contributed by atoms with Crippen LogP contribution in [0.4, 0.5) is 10.1 Å². The zero-order chi connectivity index (χ0) is 41.0. The number of imidazole rings is 1. The van der Waals surface area contributed by atoms with Crippen LogP contribution < -0.4 is 4.90 Å². The molecule has 1 aromatic heterocycles. The van der Waals surface area contributed by atoms with E-state index in [1.165, 1.54) is 19.3 Å². The third kappa shape index (κ3) is 8.91. The van der Waals surface area contributed by atoms with Crippen molar-refractivity contribution in [2.24, 2.45) is 23.7 Å². The number of ether oxygens (including phenoxy) is 1. The van der Waals surface area contributed by atoms with Crippen molar-refractivity contribution in [3.8, 4) is 0 Å². The number of carbonyl (C=O) groups is 2. The fourth-order valence-corrected chi connectivity index (χ4v) is 12.1. The Bertz CT molecular complexity index is 2020. The van der Waals surface area contributed by atoms with E-state index in [1.807, 2.05) is 43.4 Å². The lowest BCUT2D eigenvalue weighted by molar-refractivity contribution is -0.142. The van der Waals surface area contributed by atoms with Crippen LogP contribution in [0, 0.1) is 29.5 Å². The SMILES string of the molecule is CCc1nccn1C[C@@](c1cccc(F)c1)(C1CCN(CC2CN(c3ccc(S(=O)(=O)C4CN(C(=O)/C=C/CN(C)C)C4)cc3)C2)CC1)[C@H]1CCC[C@@H]1CC(=O)OC. The zero-order valence-electron chi connectivity index (χ0n) is 34.6. The first-order valence-electron chi connectivity index (χ1n) is 21.2. The van der Waals surface area contributed by atoms with Crippen LogP contribution in [0.25, 0.3) is 0 Å². The molecule has 0 radical (unpaired) electrons. The Balaban J connectivity index is 0.980. The Morgan fingerprint density at radius 3 is 2.43 bits per heavy atom. The van der Waals surface area contributed by atoms with Gasteiger partial charge in [-0.1, -0.05) is 31.6 Å². The van der Waals surface area contributed by atoms with Crippen molar-refractivity contribution in [3.05, 3.63) is 90.3 Å². The molecule has 13 heteroatoms. The van der Waals surface area contributed by atoms with Gasteiger partial charge in [0.15, 0.2) is 9.84 Å². The predicted molar refractivity (Wildman–Crippen MR) is 224 cm³/mol. The molecule has 4 heterocycles. The Morgan fingerprint density at radius 1 is 1.02 bits per heavy atom. The number of aromatic nitrogens is 2. The maximum absolute atomic E-state index is 15.2. The van der Waals surface area contributed by atoms with Gasteiger partial charge >= 0.3 is 5.97 Å². The summed E-state index contributed by atoms with van der Waals surface area (Å²) in [5.74, 6) is 1.64. The van der Waals surface area contributed by atoms with Crippen molar-refractivity contribution in [2.45, 2.75) is 74.0 Å². The molecular weight excluding hydrogens is 756 g/mol. The minimum Gasteiger partial charge on any atom is -0.469 e. The number of amides is 1. The summed E-state index contributed by atoms with van der Waals surface area (Å²) in [7, 11) is 1.79. The molecule has 3 aromatic rings. The number of piperidine rings is 1. The smallest absolute Gasteiger partial charge is 0.305 e. The second-order valence-corrected chi connectivity index (χ2v) is 19.6. The second-order valence-electron chi connectivity index (χ2n) is 17.4. The third-order valence-corrected chi connectivity index (χ3v) is 15.6. The average Bonchev–Trinajstić information content (AvgIpc) is 3.84. The van der Waals surface area contributed by atoms with E-state index in [0.717, 1.165) is 88.3 Å². The molecule has 314 valence electrons. The van der Waals surface area contributed by atoms with Crippen LogP contribution in [0.15, 0.2) is 78.0 Å². The van der Waals surface area contributed by atoms with Crippen molar-refractivity contribution in [2.75, 3.05) is 78.5 Å². The van der Waals surface area contributed by atoms with Gasteiger partial charge in [-0.25, -0.2) is 17.8 Å². The molecule has 1 aliphatic carbocycles. The first-order chi connectivity index (χ1) is 27.9. The van der Waals surface area contributed by atoms with Crippen molar-refractivity contribution in [3.63, 3.8) is 0 Å². The van der Waals surface area contributed by atoms with Crippen LogP contribution in [0.1, 0.15) is 56.8 Å². The maximum atomic E-state index is 15.2. The van der Waals surface area contributed by atoms with E-state index in [1.54, 1.807) is 29.2 Å². The number of aryl methyl sites for hydroxylation is 1. The lowest BCUT2D eigenvalue weighted by atomic mass is 9.57. The minimum absolute atomic E-state index is 0.150. The molecule has 0 N–H and O–H groups in total. The largest absolute Gasteiger partial charge is 0.469 e. The molecule has 4 aliphatic rings. The van der Waals surface area contributed by atoms with Gasteiger partial charge in [0.1, 0.15) is 16.9 Å². The number of sulfone groups is 1. The number of nitrogens with zero attached hydrogens (tertiary/aromatic N) is 6. The lowest BCUT2D eigenvalue weighted by Crippen LogP contribution is -2.56. The third-order valence-electron chi connectivity index (χ3n) is 13.5. The van der Waals surface area contributed by atoms with E-state index in [9.17, 15) is 18.0 Å². The van der Waals surface area contributed by atoms with Crippen LogP contribution in [0.5, 0.6) is 0 Å². The highest BCUT2D eigenvalue weighted by molar-refractivity contribution is 7.92. The number of likely N-dealkylation sites (tertiary alicyclic amines) is 2. The van der Waals surface area contributed by atoms with Gasteiger partial charge in [0.05, 0.1) is 12.0 Å². The number of hydrogen-bond acceptors (Lipinski definition) is 9. The molecule has 3 aliphatic heterocycles. The number of methoxy groups -OCH3 is 1. The van der Waals surface area contributed by atoms with Crippen molar-refractivity contribution < 1.29 is 27.1 Å². The normalized spacial score (nSPS) is 22.3. The first kappa shape index (κ1) is 42.1. The summed E-state index contributed by atoms with van der Waals surface area (Å²) in [6.07, 6.45) is 13.4. The van der Waals surface area contributed by atoms with Crippen LogP contribution >= 0.6 is 0 Å². The van der Waals surface area contributed by atoms with Gasteiger partial charge in [0.2, 0.25) is 5.91 Å². The Morgan fingerprint density at radius 2 is 1.76 bits per heavy atom. The van der Waals surface area contributed by atoms with Gasteiger partial charge in [-0.2, -0.15) is 0 Å². The van der Waals surface area contributed by atoms with Crippen molar-refractivity contribution in [1.29, 1.82) is 0 Å². The zero-order valence-corrected chi connectivity index (χ0v) is 35.5. The molecule has 58 heavy (non-hydrogen) atoms. The van der Waals surface area contributed by atoms with E-state index < -0.39 is 15.1 Å². The number of halogens is 1. The highest BCUT2D eigenvalue weighted by Crippen LogP contribution is 2.54. The van der Waals surface area contributed by atoms with Gasteiger partial charge in [0.25, 0.3) is 0 Å². The van der Waals surface area contributed by atoms with Crippen LogP contribution in [0.3, 0.4) is 0 Å². The number of carbonyl (C=O) groups excluding carboxylic acids is 2. The van der Waals surface area contributed by atoms with Crippen molar-refractivity contribution in [1.82, 2.24) is 24.3 Å². The lowest BCUT2D eigenvalue weighted by Gasteiger charge is -2.51. The number of anilines is 1. The Kier molecular flexibility index (Phi) is 13.1. The van der Waals surface area contributed by atoms with Gasteiger partial charge in [-0.05, 0) is 113 Å². The minimum atomic E-state index is -3.53. The molecule has 3 saturated heterocycles. The standard InChI is InChI=1S/C45H61FN6O5S/c1-5-42-47-20-24-50(42)32-45(36-10-7-11-37(46)26-36,41-12-6-9-34(41)25-44(54)57-4)35-18-22-49(23-19-35)27-33-28-51(29-33)38-14-16-39(17-15-38)58(55,56)40-30-52(31-40)43(53)13-8-21-48(2)3/h7-8,10-11,13-17,20,24,26,33-35,40-41H,5-6,9,12,18-19,21-23,25,27-32H2,1-4H3/b13-8+/t34-,41+,45+/m1/s1. The molecule has 1 amide bonds. The molecule has 3 atom stereocenters. The second kappa shape index (κ2) is 18.0. The van der Waals surface area contributed by atoms with Gasteiger partial charge < -0.3 is 28.9 Å². The molecule has 11 nitrogen and oxygen atoms in total. The van der Waals surface area contributed by atoms with Gasteiger partial charge in [0, 0.05) is 94.1 Å². The van der Waals surface area contributed by atoms with E-state index >= 15 is 4.39 Å². The Labute approximate surface area is 344 Å². The Hall–Kier alpha value is -4.07. The molecule has 0 unspecified atom stereocenters. The maximum Gasteiger partial charge on any atom is 0.305 e. The molecule has 7 rings (SSSR count). The van der Waals surface area contributed by atoms with Crippen LogP contribution in [-0.4, -0.2) is 123 Å². The van der Waals surface area contributed by atoms with Crippen molar-refractivity contribution >= 4 is 27.4 Å². The van der Waals surface area contributed by atoms with Gasteiger partial charge in [-0.3, -0.25) is 9.59 Å². The fourth-order valence-electron chi connectivity index (χ4n) is 10.4. The van der Waals surface area contributed by atoms with Crippen LogP contribution in [0.2, 0.25) is 0 Å². The molecular formula is C45H61FN6O5S. The summed E-state index contributed by atoms with van der Waals surface area (Å²) in [5.41, 5.74) is 1.68. The summed E-state index contributed by atoms with van der Waals surface area (Å²) in [6.45, 7) is 8.66. The number of hydrogen-bond donors (Lipinski definition) is 0. The summed E-state index contributed by atoms with van der Waals surface area (Å²) in [6, 6.07) is 14.5. The molecule has 4 fully saturated rings. The number of rotatable bonds is 16. The van der Waals surface area contributed by atoms with E-state index in [0.29, 0.717) is 36.2 Å². The monoisotopic (exact) mass is 816 g/mol. The first-order valence-corrected chi connectivity index (χ1v) is 22.7. The summed E-state index contributed by atoms with van der Waals surface area (Å²) >= 11 is 0. The summed E-state index contributed by atoms with van der Waals surface area (Å²) in [5, 5.41) is -0.583. The van der Waals surface area contributed by atoms with Gasteiger partial charge in [-0.15, -0.1) is 0 Å². The molecule has 1 saturated carbocycles. The number of esters is 1. The highest BCUT2D eigenvalue weighted by Gasteiger charge is 2.52. The summed E-state index contributed by atoms with van der Waals surface area (Å²) < 4.78 is 49.3. The van der Waals surface area contributed by atoms with E-state index in [-0.39, 0.29) is 48.0 Å². The van der Waals surface area contributed by atoms with E-state index in [2.05, 4.69) is 38.5 Å². The molecule has 2 aromatic carbocycles.